The van der Waals surface area contributed by atoms with Gasteiger partial charge in [0.2, 0.25) is 0 Å². The molecule has 2 N–H and O–H groups in total. The zero-order valence-corrected chi connectivity index (χ0v) is 27.3. The minimum absolute atomic E-state index is 0.00720. The minimum Gasteiger partial charge on any atom is -0.496 e. The highest BCUT2D eigenvalue weighted by Crippen LogP contribution is 2.32. The number of aromatic nitrogens is 1. The number of nitrogens with one attached hydrogen (secondary N) is 2. The van der Waals surface area contributed by atoms with Crippen LogP contribution >= 0.6 is 0 Å². The van der Waals surface area contributed by atoms with Crippen molar-refractivity contribution in [2.75, 3.05) is 25.5 Å². The number of amides is 3. The van der Waals surface area contributed by atoms with Crippen LogP contribution in [0.4, 0.5) is 15.3 Å². The van der Waals surface area contributed by atoms with Crippen LogP contribution in [0.15, 0.2) is 71.8 Å². The summed E-state index contributed by atoms with van der Waals surface area (Å²) in [5.41, 5.74) is 2.87. The number of ether oxygens (including phenoxy) is 2. The molecule has 47 heavy (non-hydrogen) atoms. The Morgan fingerprint density at radius 2 is 1.68 bits per heavy atom. The van der Waals surface area contributed by atoms with E-state index in [0.717, 1.165) is 38.5 Å². The molecule has 4 aromatic rings. The molecule has 2 aliphatic rings. The first-order chi connectivity index (χ1) is 22.6. The van der Waals surface area contributed by atoms with E-state index >= 15 is 0 Å². The average Bonchev–Trinajstić information content (AvgIpc) is 3.83. The third-order valence-corrected chi connectivity index (χ3v) is 10.4. The Kier molecular flexibility index (Phi) is 9.21. The molecule has 1 saturated carbocycles. The number of anilines is 1. The number of hydrogen-bond donors (Lipinski definition) is 2. The lowest BCUT2D eigenvalue weighted by Crippen LogP contribution is -2.32. The van der Waals surface area contributed by atoms with Crippen molar-refractivity contribution in [3.05, 3.63) is 89.1 Å². The number of sulfonamides is 1. The van der Waals surface area contributed by atoms with Crippen molar-refractivity contribution in [2.24, 2.45) is 0 Å². The van der Waals surface area contributed by atoms with Gasteiger partial charge in [0.25, 0.3) is 15.9 Å². The van der Waals surface area contributed by atoms with Crippen molar-refractivity contribution in [1.82, 2.24) is 14.2 Å². The Morgan fingerprint density at radius 3 is 2.40 bits per heavy atom. The van der Waals surface area contributed by atoms with Crippen LogP contribution in [0.25, 0.3) is 10.9 Å². The van der Waals surface area contributed by atoms with Crippen molar-refractivity contribution in [1.29, 1.82) is 0 Å². The Labute approximate surface area is 273 Å². The lowest BCUT2D eigenvalue weighted by molar-refractivity contribution is 0.0979. The molecule has 2 heterocycles. The molecule has 3 aromatic carbocycles. The Bertz CT molecular complexity index is 1940. The Morgan fingerprint density at radius 1 is 0.936 bits per heavy atom. The highest BCUT2D eigenvalue weighted by Gasteiger charge is 2.27. The second-order valence-corrected chi connectivity index (χ2v) is 13.7. The van der Waals surface area contributed by atoms with E-state index in [2.05, 4.69) is 10.0 Å². The van der Waals surface area contributed by atoms with Crippen molar-refractivity contribution in [3.8, 4) is 5.75 Å². The summed E-state index contributed by atoms with van der Waals surface area (Å²) >= 11 is 0. The summed E-state index contributed by atoms with van der Waals surface area (Å²) < 4.78 is 41.5. The van der Waals surface area contributed by atoms with E-state index in [-0.39, 0.29) is 29.0 Å². The third-order valence-electron chi connectivity index (χ3n) is 8.87. The number of aryl methyl sites for hydroxylation is 1. The maximum atomic E-state index is 13.6. The van der Waals surface area contributed by atoms with Gasteiger partial charge in [-0.2, -0.15) is 0 Å². The Hall–Kier alpha value is -4.84. The van der Waals surface area contributed by atoms with E-state index in [0.29, 0.717) is 52.1 Å². The molecule has 0 unspecified atom stereocenters. The summed E-state index contributed by atoms with van der Waals surface area (Å²) in [6.07, 6.45) is 6.85. The van der Waals surface area contributed by atoms with Crippen molar-refractivity contribution < 1.29 is 32.3 Å². The summed E-state index contributed by atoms with van der Waals surface area (Å²) in [5, 5.41) is 3.50. The number of carbonyl (C=O) groups is 3. The first-order valence-corrected chi connectivity index (χ1v) is 17.3. The average molecular weight is 659 g/mol. The number of hydrogen-bond acceptors (Lipinski definition) is 7. The number of carbonyl (C=O) groups excluding carboxylic acids is 3. The van der Waals surface area contributed by atoms with Crippen molar-refractivity contribution in [3.63, 3.8) is 0 Å². The normalized spacial score (nSPS) is 15.1. The topological polar surface area (TPSA) is 136 Å². The molecule has 246 valence electrons. The van der Waals surface area contributed by atoms with Crippen LogP contribution in [0.2, 0.25) is 0 Å². The van der Waals surface area contributed by atoms with Crippen molar-refractivity contribution >= 4 is 44.6 Å². The predicted octanol–water partition coefficient (Wildman–Crippen LogP) is 6.22. The second-order valence-electron chi connectivity index (χ2n) is 12.0. The Balaban J connectivity index is 1.37. The molecular formula is C35H38N4O7S. The molecule has 1 saturated heterocycles. The van der Waals surface area contributed by atoms with E-state index in [9.17, 15) is 22.8 Å². The number of fused-ring (bicyclic) bond motifs is 1. The lowest BCUT2D eigenvalue weighted by Gasteiger charge is -2.16. The molecule has 1 aliphatic carbocycles. The first-order valence-electron chi connectivity index (χ1n) is 15.8. The van der Waals surface area contributed by atoms with Crippen LogP contribution in [-0.2, 0) is 21.2 Å². The maximum Gasteiger partial charge on any atom is 0.411 e. The van der Waals surface area contributed by atoms with Gasteiger partial charge in [0.05, 0.1) is 17.5 Å². The highest BCUT2D eigenvalue weighted by atomic mass is 32.2. The molecule has 0 atom stereocenters. The van der Waals surface area contributed by atoms with Gasteiger partial charge in [0, 0.05) is 47.9 Å². The molecule has 12 heteroatoms. The molecule has 0 radical (unpaired) electrons. The summed E-state index contributed by atoms with van der Waals surface area (Å²) in [6, 6.07) is 16.4. The quantitative estimate of drug-likeness (QED) is 0.229. The van der Waals surface area contributed by atoms with Gasteiger partial charge in [-0.25, -0.2) is 22.7 Å². The highest BCUT2D eigenvalue weighted by molar-refractivity contribution is 7.90. The number of nitrogens with zero attached hydrogens (tertiary/aromatic N) is 2. The maximum absolute atomic E-state index is 13.6. The second kappa shape index (κ2) is 13.5. The lowest BCUT2D eigenvalue weighted by atomic mass is 9.97. The molecule has 0 spiro atoms. The SMILES string of the molecule is COc1cccc(C(=O)NS(=O)(=O)c2ccccc2C)c1Cc1cn(C(=O)N2CCCC2)c2ccc(NC(=O)OC3CCCC3)cc12. The van der Waals surface area contributed by atoms with Crippen LogP contribution in [0.5, 0.6) is 5.75 Å². The predicted molar refractivity (Wildman–Crippen MR) is 178 cm³/mol. The van der Waals surface area contributed by atoms with Gasteiger partial charge >= 0.3 is 12.1 Å². The zero-order valence-electron chi connectivity index (χ0n) is 26.5. The molecular weight excluding hydrogens is 620 g/mol. The van der Waals surface area contributed by atoms with E-state index in [1.807, 2.05) is 0 Å². The van der Waals surface area contributed by atoms with Gasteiger partial charge in [-0.15, -0.1) is 0 Å². The monoisotopic (exact) mass is 658 g/mol. The van der Waals surface area contributed by atoms with Crippen LogP contribution in [0.1, 0.15) is 65.6 Å². The zero-order chi connectivity index (χ0) is 33.1. The molecule has 3 amide bonds. The molecule has 1 aromatic heterocycles. The minimum atomic E-state index is -4.17. The van der Waals surface area contributed by atoms with Gasteiger partial charge in [-0.1, -0.05) is 24.3 Å². The fourth-order valence-corrected chi connectivity index (χ4v) is 7.69. The van der Waals surface area contributed by atoms with Gasteiger partial charge in [0.15, 0.2) is 0 Å². The van der Waals surface area contributed by atoms with Gasteiger partial charge in [0.1, 0.15) is 11.9 Å². The third kappa shape index (κ3) is 6.83. The smallest absolute Gasteiger partial charge is 0.411 e. The van der Waals surface area contributed by atoms with Gasteiger partial charge in [-0.3, -0.25) is 14.7 Å². The van der Waals surface area contributed by atoms with Gasteiger partial charge in [-0.05, 0) is 93.0 Å². The summed E-state index contributed by atoms with van der Waals surface area (Å²) in [7, 11) is -2.70. The van der Waals surface area contributed by atoms with E-state index in [1.54, 1.807) is 77.2 Å². The first kappa shape index (κ1) is 32.1. The summed E-state index contributed by atoms with van der Waals surface area (Å²) in [5.74, 6) is -0.428. The molecule has 0 bridgehead atoms. The number of rotatable bonds is 8. The van der Waals surface area contributed by atoms with E-state index in [4.69, 9.17) is 9.47 Å². The van der Waals surface area contributed by atoms with Gasteiger partial charge < -0.3 is 14.4 Å². The molecule has 1 aliphatic heterocycles. The molecule has 11 nitrogen and oxygen atoms in total. The summed E-state index contributed by atoms with van der Waals surface area (Å²) in [6.45, 7) is 2.98. The number of likely N-dealkylation sites (tertiary alicyclic amines) is 1. The number of benzene rings is 3. The van der Waals surface area contributed by atoms with Crippen LogP contribution < -0.4 is 14.8 Å². The van der Waals surface area contributed by atoms with Crippen LogP contribution in [0.3, 0.4) is 0 Å². The molecule has 6 rings (SSSR count). The van der Waals surface area contributed by atoms with Crippen LogP contribution in [0, 0.1) is 6.92 Å². The number of methoxy groups -OCH3 is 1. The van der Waals surface area contributed by atoms with E-state index in [1.165, 1.54) is 13.2 Å². The standard InChI is InChI=1S/C35H38N4O7S/c1-23-10-3-6-15-32(23)47(43,44)37-33(40)27-13-9-14-31(45-2)29(27)20-24-22-39(35(42)38-18-7-8-19-38)30-17-16-25(21-28(24)30)36-34(41)46-26-11-4-5-12-26/h3,6,9-10,13-17,21-22,26H,4-5,7-8,11-12,18-20H2,1-2H3,(H,36,41)(H,37,40). The van der Waals surface area contributed by atoms with Crippen molar-refractivity contribution in [2.45, 2.75) is 62.9 Å². The van der Waals surface area contributed by atoms with Crippen LogP contribution in [-0.4, -0.2) is 62.2 Å². The summed E-state index contributed by atoms with van der Waals surface area (Å²) in [4.78, 5) is 41.8. The molecule has 2 fully saturated rings. The fraction of sp³-hybridized carbons (Fsp3) is 0.343. The fourth-order valence-electron chi connectivity index (χ4n) is 6.47. The van der Waals surface area contributed by atoms with E-state index < -0.39 is 22.0 Å². The largest absolute Gasteiger partial charge is 0.496 e.